The van der Waals surface area contributed by atoms with E-state index in [1.807, 2.05) is 35.8 Å². The molecule has 4 aromatic rings. The summed E-state index contributed by atoms with van der Waals surface area (Å²) in [5.74, 6) is 0.581. The van der Waals surface area contributed by atoms with Crippen LogP contribution in [0.4, 0.5) is 11.6 Å². The molecule has 0 unspecified atom stereocenters. The van der Waals surface area contributed by atoms with Gasteiger partial charge in [0.2, 0.25) is 11.8 Å². The largest absolute Gasteiger partial charge is 0.383 e. The van der Waals surface area contributed by atoms with Crippen LogP contribution in [0.15, 0.2) is 53.4 Å². The SMILES string of the molecule is C[C@@H]1C[C@@H](C(=O)Nc2cccc(Br)n2)N(C(=O)Cn2c3ccccc3c3c(N)ncnc32)[C@@H]1C. The predicted octanol–water partition coefficient (Wildman–Crippen LogP) is 3.59. The Hall–Kier alpha value is -3.53. The molecule has 9 nitrogen and oxygen atoms in total. The number of benzene rings is 1. The molecule has 0 spiro atoms. The number of nitrogens with one attached hydrogen (secondary N) is 1. The normalized spacial score (nSPS) is 20.2. The zero-order valence-electron chi connectivity index (χ0n) is 18.8. The molecule has 5 rings (SSSR count). The molecule has 3 aromatic heterocycles. The molecule has 1 fully saturated rings. The Balaban J connectivity index is 1.48. The van der Waals surface area contributed by atoms with Crippen molar-refractivity contribution in [1.29, 1.82) is 0 Å². The minimum absolute atomic E-state index is 0.0381. The van der Waals surface area contributed by atoms with Gasteiger partial charge in [0.15, 0.2) is 0 Å². The van der Waals surface area contributed by atoms with Gasteiger partial charge in [0.25, 0.3) is 0 Å². The molecule has 1 aromatic carbocycles. The van der Waals surface area contributed by atoms with Crippen molar-refractivity contribution in [2.24, 2.45) is 5.92 Å². The lowest BCUT2D eigenvalue weighted by atomic mass is 10.0. The maximum atomic E-state index is 13.7. The van der Waals surface area contributed by atoms with E-state index in [4.69, 9.17) is 5.73 Å². The van der Waals surface area contributed by atoms with Gasteiger partial charge in [0.05, 0.1) is 10.9 Å². The second kappa shape index (κ2) is 8.68. The molecule has 34 heavy (non-hydrogen) atoms. The topological polar surface area (TPSA) is 119 Å². The summed E-state index contributed by atoms with van der Waals surface area (Å²) in [5, 5.41) is 4.47. The Morgan fingerprint density at radius 2 is 1.94 bits per heavy atom. The highest BCUT2D eigenvalue weighted by atomic mass is 79.9. The third-order valence-corrected chi connectivity index (χ3v) is 7.06. The van der Waals surface area contributed by atoms with Crippen molar-refractivity contribution in [2.75, 3.05) is 11.1 Å². The number of nitrogens with zero attached hydrogens (tertiary/aromatic N) is 5. The van der Waals surface area contributed by atoms with Crippen LogP contribution in [0.1, 0.15) is 20.3 Å². The Labute approximate surface area is 204 Å². The molecule has 174 valence electrons. The number of anilines is 2. The van der Waals surface area contributed by atoms with Crippen molar-refractivity contribution < 1.29 is 9.59 Å². The van der Waals surface area contributed by atoms with Crippen LogP contribution in [0, 0.1) is 5.92 Å². The number of fused-ring (bicyclic) bond motifs is 3. The molecule has 4 heterocycles. The van der Waals surface area contributed by atoms with Crippen LogP contribution < -0.4 is 11.1 Å². The number of nitrogens with two attached hydrogens (primary N) is 1. The molecule has 0 bridgehead atoms. The number of likely N-dealkylation sites (tertiary alicyclic amines) is 1. The van der Waals surface area contributed by atoms with Gasteiger partial charge in [-0.25, -0.2) is 15.0 Å². The van der Waals surface area contributed by atoms with E-state index in [1.54, 1.807) is 23.1 Å². The standard InChI is InChI=1S/C24H24BrN7O2/c1-13-10-17(24(34)30-19-9-5-8-18(25)29-19)32(14(13)2)20(33)11-31-16-7-4-3-6-15(16)21-22(26)27-12-28-23(21)31/h3-9,12-14,17H,10-11H2,1-2H3,(H2,26,27,28)(H,29,30,34)/t13-,14-,17+/m1/s1. The Morgan fingerprint density at radius 3 is 2.74 bits per heavy atom. The van der Waals surface area contributed by atoms with Crippen LogP contribution in [0.25, 0.3) is 21.9 Å². The van der Waals surface area contributed by atoms with Crippen molar-refractivity contribution in [2.45, 2.75) is 38.9 Å². The fourth-order valence-corrected chi connectivity index (χ4v) is 5.15. The average molecular weight is 522 g/mol. The van der Waals surface area contributed by atoms with E-state index < -0.39 is 6.04 Å². The van der Waals surface area contributed by atoms with Gasteiger partial charge >= 0.3 is 0 Å². The highest BCUT2D eigenvalue weighted by Gasteiger charge is 2.43. The lowest BCUT2D eigenvalue weighted by molar-refractivity contribution is -0.139. The van der Waals surface area contributed by atoms with E-state index in [0.717, 1.165) is 16.3 Å². The number of nitrogen functional groups attached to an aromatic ring is 1. The number of pyridine rings is 1. The van der Waals surface area contributed by atoms with Gasteiger partial charge in [-0.3, -0.25) is 9.59 Å². The first-order valence-corrected chi connectivity index (χ1v) is 11.9. The zero-order valence-corrected chi connectivity index (χ0v) is 20.4. The number of carbonyl (C=O) groups excluding carboxylic acids is 2. The van der Waals surface area contributed by atoms with Gasteiger partial charge in [-0.1, -0.05) is 31.2 Å². The Kier molecular flexibility index (Phi) is 5.68. The summed E-state index contributed by atoms with van der Waals surface area (Å²) in [6.45, 7) is 4.08. The molecular weight excluding hydrogens is 498 g/mol. The monoisotopic (exact) mass is 521 g/mol. The summed E-state index contributed by atoms with van der Waals surface area (Å²) in [5.41, 5.74) is 7.60. The van der Waals surface area contributed by atoms with Gasteiger partial charge < -0.3 is 20.5 Å². The highest BCUT2D eigenvalue weighted by molar-refractivity contribution is 9.10. The number of para-hydroxylation sites is 1. The number of amides is 2. The average Bonchev–Trinajstić information content (AvgIpc) is 3.29. The maximum absolute atomic E-state index is 13.7. The molecule has 0 aliphatic carbocycles. The van der Waals surface area contributed by atoms with Crippen molar-refractivity contribution in [1.82, 2.24) is 24.4 Å². The van der Waals surface area contributed by atoms with E-state index in [2.05, 4.69) is 43.1 Å². The van der Waals surface area contributed by atoms with Crippen molar-refractivity contribution in [3.63, 3.8) is 0 Å². The molecule has 10 heteroatoms. The number of rotatable bonds is 4. The fraction of sp³-hybridized carbons (Fsp3) is 0.292. The molecule has 3 atom stereocenters. The van der Waals surface area contributed by atoms with Crippen LogP contribution in [0.2, 0.25) is 0 Å². The van der Waals surface area contributed by atoms with Gasteiger partial charge in [-0.05, 0) is 53.4 Å². The molecule has 1 saturated heterocycles. The first-order valence-electron chi connectivity index (χ1n) is 11.1. The molecule has 3 N–H and O–H groups in total. The zero-order chi connectivity index (χ0) is 24.0. The summed E-state index contributed by atoms with van der Waals surface area (Å²) in [6.07, 6.45) is 1.98. The second-order valence-electron chi connectivity index (χ2n) is 8.67. The van der Waals surface area contributed by atoms with Crippen LogP contribution in [-0.2, 0) is 16.1 Å². The van der Waals surface area contributed by atoms with E-state index >= 15 is 0 Å². The summed E-state index contributed by atoms with van der Waals surface area (Å²) >= 11 is 3.32. The fourth-order valence-electron chi connectivity index (χ4n) is 4.81. The van der Waals surface area contributed by atoms with Crippen molar-refractivity contribution in [3.8, 4) is 0 Å². The highest BCUT2D eigenvalue weighted by Crippen LogP contribution is 2.33. The van der Waals surface area contributed by atoms with Crippen LogP contribution >= 0.6 is 15.9 Å². The van der Waals surface area contributed by atoms with Gasteiger partial charge in [0.1, 0.15) is 40.8 Å². The summed E-state index contributed by atoms with van der Waals surface area (Å²) in [7, 11) is 0. The first kappa shape index (κ1) is 22.3. The predicted molar refractivity (Wildman–Crippen MR) is 134 cm³/mol. The molecule has 1 aliphatic rings. The minimum Gasteiger partial charge on any atom is -0.383 e. The van der Waals surface area contributed by atoms with E-state index in [-0.39, 0.29) is 30.3 Å². The molecule has 2 amide bonds. The smallest absolute Gasteiger partial charge is 0.248 e. The molecule has 0 radical (unpaired) electrons. The number of halogens is 1. The van der Waals surface area contributed by atoms with E-state index in [9.17, 15) is 9.59 Å². The van der Waals surface area contributed by atoms with Crippen molar-refractivity contribution in [3.05, 3.63) is 53.4 Å². The maximum Gasteiger partial charge on any atom is 0.248 e. The minimum atomic E-state index is -0.592. The van der Waals surface area contributed by atoms with Crippen LogP contribution in [0.5, 0.6) is 0 Å². The van der Waals surface area contributed by atoms with E-state index in [1.165, 1.54) is 6.33 Å². The second-order valence-corrected chi connectivity index (χ2v) is 9.48. The first-order chi connectivity index (χ1) is 16.3. The third-order valence-electron chi connectivity index (χ3n) is 6.62. The number of aromatic nitrogens is 4. The molecular formula is C24H24BrN7O2. The van der Waals surface area contributed by atoms with Gasteiger partial charge in [0, 0.05) is 11.4 Å². The summed E-state index contributed by atoms with van der Waals surface area (Å²) in [6, 6.07) is 12.3. The van der Waals surface area contributed by atoms with Gasteiger partial charge in [-0.15, -0.1) is 0 Å². The van der Waals surface area contributed by atoms with Crippen LogP contribution in [0.3, 0.4) is 0 Å². The molecule has 0 saturated carbocycles. The van der Waals surface area contributed by atoms with Crippen molar-refractivity contribution >= 4 is 61.3 Å². The number of carbonyl (C=O) groups is 2. The summed E-state index contributed by atoms with van der Waals surface area (Å²) < 4.78 is 2.48. The van der Waals surface area contributed by atoms with Gasteiger partial charge in [-0.2, -0.15) is 0 Å². The third kappa shape index (κ3) is 3.77. The van der Waals surface area contributed by atoms with Crippen LogP contribution in [-0.4, -0.2) is 48.3 Å². The Morgan fingerprint density at radius 1 is 1.15 bits per heavy atom. The number of hydrogen-bond acceptors (Lipinski definition) is 6. The van der Waals surface area contributed by atoms with E-state index in [0.29, 0.717) is 28.3 Å². The lowest BCUT2D eigenvalue weighted by Crippen LogP contribution is -2.47. The Bertz CT molecular complexity index is 1420. The molecule has 1 aliphatic heterocycles. The number of hydrogen-bond donors (Lipinski definition) is 2. The summed E-state index contributed by atoms with van der Waals surface area (Å²) in [4.78, 5) is 41.4. The lowest BCUT2D eigenvalue weighted by Gasteiger charge is -2.29. The quantitative estimate of drug-likeness (QED) is 0.396.